The Labute approximate surface area is 203 Å². The number of halogens is 3. The molecule has 1 aliphatic rings. The summed E-state index contributed by atoms with van der Waals surface area (Å²) >= 11 is 15.8. The summed E-state index contributed by atoms with van der Waals surface area (Å²) in [6.45, 7) is 2.37. The predicted octanol–water partition coefficient (Wildman–Crippen LogP) is 5.43. The van der Waals surface area contributed by atoms with Crippen molar-refractivity contribution in [3.05, 3.63) is 68.0 Å². The molecular weight excluding hydrogens is 517 g/mol. The second kappa shape index (κ2) is 9.60. The quantitative estimate of drug-likeness (QED) is 0.421. The van der Waals surface area contributed by atoms with Gasteiger partial charge >= 0.3 is 0 Å². The highest BCUT2D eigenvalue weighted by Crippen LogP contribution is 2.32. The van der Waals surface area contributed by atoms with Crippen molar-refractivity contribution in [2.75, 3.05) is 11.9 Å². The Morgan fingerprint density at radius 1 is 1.22 bits per heavy atom. The molecule has 1 aliphatic carbocycles. The van der Waals surface area contributed by atoms with Crippen LogP contribution in [0.1, 0.15) is 45.7 Å². The molecule has 7 nitrogen and oxygen atoms in total. The third-order valence-electron chi connectivity index (χ3n) is 5.17. The molecule has 2 aromatic heterocycles. The second-order valence-corrected chi connectivity index (χ2v) is 9.32. The van der Waals surface area contributed by atoms with E-state index in [0.717, 1.165) is 6.42 Å². The number of anilines is 1. The van der Waals surface area contributed by atoms with E-state index in [-0.39, 0.29) is 11.6 Å². The van der Waals surface area contributed by atoms with Crippen LogP contribution in [-0.2, 0) is 0 Å². The zero-order valence-electron chi connectivity index (χ0n) is 17.2. The Morgan fingerprint density at radius 3 is 2.72 bits per heavy atom. The number of pyridine rings is 1. The first kappa shape index (κ1) is 22.8. The molecule has 1 aromatic carbocycles. The minimum Gasteiger partial charge on any atom is -0.352 e. The number of nitrogens with one attached hydrogen (secondary N) is 2. The first-order valence-electron chi connectivity index (χ1n) is 10.1. The fourth-order valence-electron chi connectivity index (χ4n) is 3.37. The van der Waals surface area contributed by atoms with Crippen LogP contribution in [0.5, 0.6) is 0 Å². The molecule has 0 radical (unpaired) electrons. The molecule has 0 spiro atoms. The molecule has 0 saturated heterocycles. The topological polar surface area (TPSA) is 88.9 Å². The Balaban J connectivity index is 1.62. The van der Waals surface area contributed by atoms with E-state index in [4.69, 9.17) is 23.2 Å². The summed E-state index contributed by atoms with van der Waals surface area (Å²) in [7, 11) is 0. The van der Waals surface area contributed by atoms with Gasteiger partial charge < -0.3 is 10.6 Å². The van der Waals surface area contributed by atoms with E-state index in [1.54, 1.807) is 43.5 Å². The molecule has 0 atom stereocenters. The van der Waals surface area contributed by atoms with Crippen molar-refractivity contribution < 1.29 is 9.59 Å². The maximum Gasteiger partial charge on any atom is 0.274 e. The van der Waals surface area contributed by atoms with Crippen LogP contribution in [0.25, 0.3) is 5.82 Å². The van der Waals surface area contributed by atoms with E-state index in [1.807, 2.05) is 0 Å². The first-order chi connectivity index (χ1) is 15.3. The van der Waals surface area contributed by atoms with Crippen LogP contribution in [0.3, 0.4) is 0 Å². The van der Waals surface area contributed by atoms with Crippen LogP contribution < -0.4 is 10.6 Å². The van der Waals surface area contributed by atoms with Gasteiger partial charge in [0.15, 0.2) is 5.82 Å². The molecule has 0 bridgehead atoms. The van der Waals surface area contributed by atoms with Crippen LogP contribution in [0.2, 0.25) is 10.0 Å². The van der Waals surface area contributed by atoms with Gasteiger partial charge in [0.2, 0.25) is 0 Å². The van der Waals surface area contributed by atoms with Crippen LogP contribution >= 0.6 is 39.1 Å². The Bertz CT molecular complexity index is 1190. The van der Waals surface area contributed by atoms with Crippen molar-refractivity contribution in [2.24, 2.45) is 5.92 Å². The number of aryl methyl sites for hydroxylation is 1. The van der Waals surface area contributed by atoms with Gasteiger partial charge in [0.25, 0.3) is 11.8 Å². The number of hydrogen-bond acceptors (Lipinski definition) is 4. The van der Waals surface area contributed by atoms with E-state index in [1.165, 1.54) is 17.5 Å². The van der Waals surface area contributed by atoms with Crippen molar-refractivity contribution in [1.29, 1.82) is 0 Å². The molecule has 0 unspecified atom stereocenters. The summed E-state index contributed by atoms with van der Waals surface area (Å²) in [5, 5.41) is 10.8. The number of carbonyl (C=O) groups excluding carboxylic acids is 2. The number of aromatic nitrogens is 3. The summed E-state index contributed by atoms with van der Waals surface area (Å²) in [6, 6.07) is 8.16. The number of nitrogens with zero attached hydrogens (tertiary/aromatic N) is 3. The molecule has 1 saturated carbocycles. The number of hydrogen-bond donors (Lipinski definition) is 2. The van der Waals surface area contributed by atoms with Crippen LogP contribution in [0.15, 0.2) is 41.1 Å². The van der Waals surface area contributed by atoms with Gasteiger partial charge in [-0.2, -0.15) is 5.10 Å². The Hall–Kier alpha value is -2.42. The van der Waals surface area contributed by atoms with Gasteiger partial charge in [-0.1, -0.05) is 36.0 Å². The molecule has 2 heterocycles. The molecular formula is C22H20BrCl2N5O2. The van der Waals surface area contributed by atoms with Crippen molar-refractivity contribution in [2.45, 2.75) is 26.2 Å². The highest BCUT2D eigenvalue weighted by molar-refractivity contribution is 9.10. The third-order valence-corrected chi connectivity index (χ3v) is 6.07. The zero-order valence-corrected chi connectivity index (χ0v) is 20.3. The third kappa shape index (κ3) is 5.14. The zero-order chi connectivity index (χ0) is 22.8. The SMILES string of the molecule is Cc1cc(Cl)cc(C(=O)NCCC2CC2)c1NC(=O)c1cc(Br)nn1-c1ncccc1Cl. The van der Waals surface area contributed by atoms with E-state index in [9.17, 15) is 9.59 Å². The molecule has 2 N–H and O–H groups in total. The van der Waals surface area contributed by atoms with Crippen LogP contribution in [-0.4, -0.2) is 33.1 Å². The average molecular weight is 537 g/mol. The van der Waals surface area contributed by atoms with E-state index >= 15 is 0 Å². The minimum atomic E-state index is -0.470. The summed E-state index contributed by atoms with van der Waals surface area (Å²) in [5.74, 6) is 0.264. The second-order valence-electron chi connectivity index (χ2n) is 7.66. The number of amides is 2. The van der Waals surface area contributed by atoms with Crippen molar-refractivity contribution >= 4 is 56.6 Å². The molecule has 0 aliphatic heterocycles. The molecule has 166 valence electrons. The fourth-order valence-corrected chi connectivity index (χ4v) is 4.22. The normalized spacial score (nSPS) is 13.1. The average Bonchev–Trinajstić information content (AvgIpc) is 3.49. The summed E-state index contributed by atoms with van der Waals surface area (Å²) in [6.07, 6.45) is 4.95. The largest absolute Gasteiger partial charge is 0.352 e. The Kier molecular flexibility index (Phi) is 6.83. The number of rotatable bonds is 7. The lowest BCUT2D eigenvalue weighted by Crippen LogP contribution is -2.27. The Morgan fingerprint density at radius 2 is 2.00 bits per heavy atom. The molecule has 10 heteroatoms. The lowest BCUT2D eigenvalue weighted by atomic mass is 10.1. The minimum absolute atomic E-state index is 0.201. The fraction of sp³-hybridized carbons (Fsp3) is 0.273. The lowest BCUT2D eigenvalue weighted by molar-refractivity contribution is 0.0953. The van der Waals surface area contributed by atoms with E-state index in [2.05, 4.69) is 36.6 Å². The van der Waals surface area contributed by atoms with Gasteiger partial charge in [0, 0.05) is 23.8 Å². The molecule has 4 rings (SSSR count). The molecule has 32 heavy (non-hydrogen) atoms. The van der Waals surface area contributed by atoms with Gasteiger partial charge in [0.05, 0.1) is 16.3 Å². The van der Waals surface area contributed by atoms with Crippen LogP contribution in [0.4, 0.5) is 5.69 Å². The molecule has 2 amide bonds. The van der Waals surface area contributed by atoms with Gasteiger partial charge in [-0.15, -0.1) is 0 Å². The van der Waals surface area contributed by atoms with Crippen LogP contribution in [0, 0.1) is 12.8 Å². The monoisotopic (exact) mass is 535 g/mol. The lowest BCUT2D eigenvalue weighted by Gasteiger charge is -2.15. The number of benzene rings is 1. The van der Waals surface area contributed by atoms with Crippen molar-refractivity contribution in [1.82, 2.24) is 20.1 Å². The first-order valence-corrected chi connectivity index (χ1v) is 11.6. The van der Waals surface area contributed by atoms with Gasteiger partial charge in [-0.3, -0.25) is 9.59 Å². The standard InChI is InChI=1S/C22H20BrCl2N5O2/c1-12-9-14(24)10-15(21(31)27-8-6-13-4-5-13)19(12)28-22(32)17-11-18(23)29-30(17)20-16(25)3-2-7-26-20/h2-3,7,9-11,13H,4-6,8H2,1H3,(H,27,31)(H,28,32). The van der Waals surface area contributed by atoms with Gasteiger partial charge in [-0.05, 0) is 65.0 Å². The highest BCUT2D eigenvalue weighted by Gasteiger charge is 2.24. The molecule has 3 aromatic rings. The maximum atomic E-state index is 13.2. The summed E-state index contributed by atoms with van der Waals surface area (Å²) in [4.78, 5) is 30.3. The predicted molar refractivity (Wildman–Crippen MR) is 128 cm³/mol. The molecule has 1 fully saturated rings. The van der Waals surface area contributed by atoms with Crippen molar-refractivity contribution in [3.8, 4) is 5.82 Å². The van der Waals surface area contributed by atoms with Gasteiger partial charge in [0.1, 0.15) is 10.3 Å². The smallest absolute Gasteiger partial charge is 0.274 e. The summed E-state index contributed by atoms with van der Waals surface area (Å²) < 4.78 is 1.79. The van der Waals surface area contributed by atoms with Crippen molar-refractivity contribution in [3.63, 3.8) is 0 Å². The number of carbonyl (C=O) groups is 2. The summed E-state index contributed by atoms with van der Waals surface area (Å²) in [5.41, 5.74) is 1.56. The highest BCUT2D eigenvalue weighted by atomic mass is 79.9. The maximum absolute atomic E-state index is 13.2. The van der Waals surface area contributed by atoms with E-state index in [0.29, 0.717) is 49.7 Å². The van der Waals surface area contributed by atoms with E-state index < -0.39 is 5.91 Å². The van der Waals surface area contributed by atoms with Gasteiger partial charge in [-0.25, -0.2) is 9.67 Å².